The second kappa shape index (κ2) is 10.8. The lowest BCUT2D eigenvalue weighted by Crippen LogP contribution is -2.36. The van der Waals surface area contributed by atoms with Crippen molar-refractivity contribution in [1.82, 2.24) is 4.90 Å². The van der Waals surface area contributed by atoms with E-state index >= 15 is 0 Å². The Morgan fingerprint density at radius 1 is 1.07 bits per heavy atom. The summed E-state index contributed by atoms with van der Waals surface area (Å²) in [5.41, 5.74) is 0.778. The van der Waals surface area contributed by atoms with Crippen molar-refractivity contribution in [3.8, 4) is 0 Å². The highest BCUT2D eigenvalue weighted by Crippen LogP contribution is 2.14. The molecular formula is C20H24N2O6. The zero-order chi connectivity index (χ0) is 20.4. The number of carbonyl (C=O) groups excluding carboxylic acids is 3. The number of furan rings is 1. The molecule has 2 amide bonds. The Bertz CT molecular complexity index is 788. The topological polar surface area (TPSA) is 98.1 Å². The summed E-state index contributed by atoms with van der Waals surface area (Å²) in [6.45, 7) is 4.34. The lowest BCUT2D eigenvalue weighted by molar-refractivity contribution is -0.143. The summed E-state index contributed by atoms with van der Waals surface area (Å²) in [5.74, 6) is -0.267. The van der Waals surface area contributed by atoms with Gasteiger partial charge in [-0.15, -0.1) is 0 Å². The standard InChI is InChI=1S/C20H24N2O6/c1-3-26-18(23)10-11-22(14-17-9-6-12-28-17)20(25)21-16-8-5-7-15(13-16)19(24)27-4-2/h5-9,12-13H,3-4,10-11,14H2,1-2H3,(H,21,25). The first-order valence-corrected chi connectivity index (χ1v) is 9.04. The van der Waals surface area contributed by atoms with E-state index in [0.29, 0.717) is 17.0 Å². The molecule has 0 unspecified atom stereocenters. The molecule has 0 bridgehead atoms. The summed E-state index contributed by atoms with van der Waals surface area (Å²) in [5, 5.41) is 2.73. The average Bonchev–Trinajstić information content (AvgIpc) is 3.19. The molecule has 1 aromatic carbocycles. The minimum atomic E-state index is -0.464. The predicted molar refractivity (Wildman–Crippen MR) is 102 cm³/mol. The third kappa shape index (κ3) is 6.46. The lowest BCUT2D eigenvalue weighted by atomic mass is 10.2. The number of carbonyl (C=O) groups is 3. The Morgan fingerprint density at radius 2 is 1.86 bits per heavy atom. The second-order valence-corrected chi connectivity index (χ2v) is 5.79. The fraction of sp³-hybridized carbons (Fsp3) is 0.350. The van der Waals surface area contributed by atoms with Crippen LogP contribution in [0.15, 0.2) is 47.1 Å². The van der Waals surface area contributed by atoms with Crippen LogP contribution in [0.1, 0.15) is 36.4 Å². The van der Waals surface area contributed by atoms with Crippen LogP contribution >= 0.6 is 0 Å². The van der Waals surface area contributed by atoms with Gasteiger partial charge in [-0.2, -0.15) is 0 Å². The van der Waals surface area contributed by atoms with Crippen molar-refractivity contribution in [2.45, 2.75) is 26.8 Å². The molecule has 0 aliphatic rings. The summed E-state index contributed by atoms with van der Waals surface area (Å²) in [7, 11) is 0. The van der Waals surface area contributed by atoms with E-state index in [-0.39, 0.29) is 38.7 Å². The van der Waals surface area contributed by atoms with Crippen LogP contribution < -0.4 is 5.32 Å². The Hall–Kier alpha value is -3.29. The molecule has 0 saturated heterocycles. The van der Waals surface area contributed by atoms with Crippen LogP contribution in [0.2, 0.25) is 0 Å². The van der Waals surface area contributed by atoms with Gasteiger partial charge in [-0.1, -0.05) is 6.07 Å². The number of rotatable bonds is 9. The zero-order valence-corrected chi connectivity index (χ0v) is 16.0. The number of amides is 2. The normalized spacial score (nSPS) is 10.2. The number of nitrogens with one attached hydrogen (secondary N) is 1. The Labute approximate surface area is 163 Å². The molecule has 28 heavy (non-hydrogen) atoms. The van der Waals surface area contributed by atoms with Crippen LogP contribution in [-0.4, -0.2) is 42.6 Å². The summed E-state index contributed by atoms with van der Waals surface area (Å²) >= 11 is 0. The maximum absolute atomic E-state index is 12.7. The van der Waals surface area contributed by atoms with Crippen molar-refractivity contribution in [3.05, 3.63) is 54.0 Å². The molecule has 0 atom stereocenters. The summed E-state index contributed by atoms with van der Waals surface area (Å²) in [4.78, 5) is 37.7. The number of benzene rings is 1. The third-order valence-electron chi connectivity index (χ3n) is 3.73. The summed E-state index contributed by atoms with van der Waals surface area (Å²) < 4.78 is 15.2. The van der Waals surface area contributed by atoms with Gasteiger partial charge < -0.3 is 24.1 Å². The fourth-order valence-corrected chi connectivity index (χ4v) is 2.44. The summed E-state index contributed by atoms with van der Waals surface area (Å²) in [6.07, 6.45) is 1.57. The molecule has 0 fully saturated rings. The maximum atomic E-state index is 12.7. The highest BCUT2D eigenvalue weighted by molar-refractivity contribution is 5.94. The quantitative estimate of drug-likeness (QED) is 0.661. The highest BCUT2D eigenvalue weighted by Gasteiger charge is 2.18. The number of esters is 2. The molecule has 2 rings (SSSR count). The van der Waals surface area contributed by atoms with Crippen molar-refractivity contribution < 1.29 is 28.3 Å². The van der Waals surface area contributed by atoms with Crippen molar-refractivity contribution in [2.75, 3.05) is 25.1 Å². The van der Waals surface area contributed by atoms with Gasteiger partial charge >= 0.3 is 18.0 Å². The number of hydrogen-bond donors (Lipinski definition) is 1. The number of urea groups is 1. The van der Waals surface area contributed by atoms with Gasteiger partial charge in [-0.3, -0.25) is 4.79 Å². The average molecular weight is 388 g/mol. The number of hydrogen-bond acceptors (Lipinski definition) is 6. The van der Waals surface area contributed by atoms with Crippen LogP contribution in [-0.2, 0) is 20.8 Å². The van der Waals surface area contributed by atoms with Crippen molar-refractivity contribution in [1.29, 1.82) is 0 Å². The smallest absolute Gasteiger partial charge is 0.338 e. The SMILES string of the molecule is CCOC(=O)CCN(Cc1ccco1)C(=O)Nc1cccc(C(=O)OCC)c1. The molecule has 1 aromatic heterocycles. The predicted octanol–water partition coefficient (Wildman–Crippen LogP) is 3.44. The van der Waals surface area contributed by atoms with Gasteiger partial charge in [0.1, 0.15) is 5.76 Å². The maximum Gasteiger partial charge on any atom is 0.338 e. The molecule has 0 spiro atoms. The lowest BCUT2D eigenvalue weighted by Gasteiger charge is -2.22. The minimum Gasteiger partial charge on any atom is -0.467 e. The first-order valence-electron chi connectivity index (χ1n) is 9.04. The van der Waals surface area contributed by atoms with Crippen LogP contribution in [0.3, 0.4) is 0 Å². The Kier molecular flexibility index (Phi) is 8.08. The molecule has 150 valence electrons. The monoisotopic (exact) mass is 388 g/mol. The minimum absolute atomic E-state index is 0.0604. The van der Waals surface area contributed by atoms with Gasteiger partial charge in [0.15, 0.2) is 0 Å². The van der Waals surface area contributed by atoms with Crippen LogP contribution in [0.4, 0.5) is 10.5 Å². The first kappa shape index (κ1) is 21.0. The van der Waals surface area contributed by atoms with E-state index in [1.165, 1.54) is 17.2 Å². The largest absolute Gasteiger partial charge is 0.467 e. The van der Waals surface area contributed by atoms with Crippen molar-refractivity contribution in [3.63, 3.8) is 0 Å². The van der Waals surface area contributed by atoms with Crippen molar-refractivity contribution >= 4 is 23.7 Å². The van der Waals surface area contributed by atoms with E-state index in [1.54, 1.807) is 44.2 Å². The summed E-state index contributed by atoms with van der Waals surface area (Å²) in [6, 6.07) is 9.49. The van der Waals surface area contributed by atoms with E-state index < -0.39 is 12.0 Å². The van der Waals surface area contributed by atoms with Gasteiger partial charge in [-0.25, -0.2) is 9.59 Å². The van der Waals surface area contributed by atoms with Gasteiger partial charge in [0, 0.05) is 12.2 Å². The molecule has 1 heterocycles. The van der Waals surface area contributed by atoms with Crippen LogP contribution in [0, 0.1) is 0 Å². The highest BCUT2D eigenvalue weighted by atomic mass is 16.5. The molecule has 8 heteroatoms. The molecule has 0 saturated carbocycles. The van der Waals surface area contributed by atoms with Crippen molar-refractivity contribution in [2.24, 2.45) is 0 Å². The van der Waals surface area contributed by atoms with Gasteiger partial charge in [-0.05, 0) is 44.2 Å². The molecule has 0 aliphatic carbocycles. The molecule has 8 nitrogen and oxygen atoms in total. The zero-order valence-electron chi connectivity index (χ0n) is 16.0. The van der Waals surface area contributed by atoms with E-state index in [0.717, 1.165) is 0 Å². The second-order valence-electron chi connectivity index (χ2n) is 5.79. The van der Waals surface area contributed by atoms with Gasteiger partial charge in [0.05, 0.1) is 38.0 Å². The number of nitrogens with zero attached hydrogens (tertiary/aromatic N) is 1. The van der Waals surface area contributed by atoms with Crippen LogP contribution in [0.5, 0.6) is 0 Å². The van der Waals surface area contributed by atoms with E-state index in [9.17, 15) is 14.4 Å². The first-order chi connectivity index (χ1) is 13.5. The van der Waals surface area contributed by atoms with E-state index in [1.807, 2.05) is 0 Å². The van der Waals surface area contributed by atoms with Gasteiger partial charge in [0.25, 0.3) is 0 Å². The molecule has 2 aromatic rings. The molecule has 1 N–H and O–H groups in total. The Morgan fingerprint density at radius 3 is 2.54 bits per heavy atom. The molecule has 0 aliphatic heterocycles. The molecular weight excluding hydrogens is 364 g/mol. The molecule has 0 radical (unpaired) electrons. The number of ether oxygens (including phenoxy) is 2. The van der Waals surface area contributed by atoms with Gasteiger partial charge in [0.2, 0.25) is 0 Å². The Balaban J connectivity index is 2.07. The van der Waals surface area contributed by atoms with E-state index in [4.69, 9.17) is 13.9 Å². The van der Waals surface area contributed by atoms with E-state index in [2.05, 4.69) is 5.32 Å². The number of anilines is 1. The third-order valence-corrected chi connectivity index (χ3v) is 3.73. The van der Waals surface area contributed by atoms with Crippen LogP contribution in [0.25, 0.3) is 0 Å². The fourth-order valence-electron chi connectivity index (χ4n) is 2.44.